The molecule has 1 aromatic carbocycles. The van der Waals surface area contributed by atoms with Crippen LogP contribution in [0.1, 0.15) is 42.8 Å². The number of anilines is 1. The Balaban J connectivity index is 1.90. The number of aromatic nitrogens is 1. The summed E-state index contributed by atoms with van der Waals surface area (Å²) in [6.45, 7) is 3.94. The smallest absolute Gasteiger partial charge is 0.0932 e. The molecule has 1 atom stereocenters. The molecule has 2 aromatic rings. The van der Waals surface area contributed by atoms with Crippen LogP contribution in [-0.4, -0.2) is 23.2 Å². The van der Waals surface area contributed by atoms with Crippen LogP contribution < -0.4 is 4.90 Å². The fraction of sp³-hybridized carbons (Fsp3) is 0.316. The Kier molecular flexibility index (Phi) is 4.54. The molecule has 22 heavy (non-hydrogen) atoms. The lowest BCUT2D eigenvalue weighted by Gasteiger charge is -2.19. The molecule has 2 heterocycles. The van der Waals surface area contributed by atoms with Gasteiger partial charge in [-0.3, -0.25) is 4.98 Å². The van der Waals surface area contributed by atoms with Crippen LogP contribution in [0.5, 0.6) is 0 Å². The molecule has 1 saturated heterocycles. The maximum Gasteiger partial charge on any atom is 0.0932 e. The monoisotopic (exact) mass is 294 g/mol. The third kappa shape index (κ3) is 3.55. The van der Waals surface area contributed by atoms with Crippen LogP contribution in [0.15, 0.2) is 42.5 Å². The SMILES string of the molecule is CC(O)c1cc(N2CCCC2)cc(C=Cc2ccccc2)n1. The van der Waals surface area contributed by atoms with Crippen LogP contribution in [0.3, 0.4) is 0 Å². The average molecular weight is 294 g/mol. The average Bonchev–Trinajstić information content (AvgIpc) is 3.08. The van der Waals surface area contributed by atoms with Crippen molar-refractivity contribution in [3.8, 4) is 0 Å². The van der Waals surface area contributed by atoms with Gasteiger partial charge in [0.2, 0.25) is 0 Å². The van der Waals surface area contributed by atoms with Crippen molar-refractivity contribution in [2.45, 2.75) is 25.9 Å². The molecule has 114 valence electrons. The molecular weight excluding hydrogens is 272 g/mol. The van der Waals surface area contributed by atoms with Crippen LogP contribution in [-0.2, 0) is 0 Å². The number of nitrogens with zero attached hydrogens (tertiary/aromatic N) is 2. The van der Waals surface area contributed by atoms with E-state index in [0.717, 1.165) is 35.7 Å². The van der Waals surface area contributed by atoms with Gasteiger partial charge in [-0.05, 0) is 43.5 Å². The molecule has 0 bridgehead atoms. The van der Waals surface area contributed by atoms with Crippen LogP contribution in [0.25, 0.3) is 12.2 Å². The van der Waals surface area contributed by atoms with Crippen LogP contribution in [0.4, 0.5) is 5.69 Å². The number of hydrogen-bond donors (Lipinski definition) is 1. The van der Waals surface area contributed by atoms with Gasteiger partial charge in [0.1, 0.15) is 0 Å². The summed E-state index contributed by atoms with van der Waals surface area (Å²) in [7, 11) is 0. The first kappa shape index (κ1) is 14.8. The largest absolute Gasteiger partial charge is 0.387 e. The van der Waals surface area contributed by atoms with Crippen molar-refractivity contribution >= 4 is 17.8 Å². The first-order valence-corrected chi connectivity index (χ1v) is 7.90. The summed E-state index contributed by atoms with van der Waals surface area (Å²) in [5.74, 6) is 0. The minimum Gasteiger partial charge on any atom is -0.387 e. The van der Waals surface area contributed by atoms with Crippen molar-refractivity contribution in [1.29, 1.82) is 0 Å². The summed E-state index contributed by atoms with van der Waals surface area (Å²) >= 11 is 0. The van der Waals surface area contributed by atoms with Crippen LogP contribution in [0.2, 0.25) is 0 Å². The molecule has 0 saturated carbocycles. The minimum absolute atomic E-state index is 0.550. The van der Waals surface area contributed by atoms with Crippen molar-refractivity contribution in [1.82, 2.24) is 4.98 Å². The zero-order chi connectivity index (χ0) is 15.4. The second-order valence-electron chi connectivity index (χ2n) is 5.79. The van der Waals surface area contributed by atoms with Crippen molar-refractivity contribution in [3.63, 3.8) is 0 Å². The van der Waals surface area contributed by atoms with Gasteiger partial charge in [-0.15, -0.1) is 0 Å². The lowest BCUT2D eigenvalue weighted by atomic mass is 10.1. The van der Waals surface area contributed by atoms with Crippen molar-refractivity contribution in [2.24, 2.45) is 0 Å². The molecular formula is C19H22N2O. The van der Waals surface area contributed by atoms with Gasteiger partial charge in [0, 0.05) is 18.8 Å². The zero-order valence-corrected chi connectivity index (χ0v) is 12.9. The summed E-state index contributed by atoms with van der Waals surface area (Å²) < 4.78 is 0. The second kappa shape index (κ2) is 6.75. The van der Waals surface area contributed by atoms with E-state index in [1.54, 1.807) is 6.92 Å². The van der Waals surface area contributed by atoms with E-state index in [-0.39, 0.29) is 0 Å². The molecule has 3 heteroatoms. The molecule has 1 aromatic heterocycles. The fourth-order valence-electron chi connectivity index (χ4n) is 2.76. The fourth-order valence-corrected chi connectivity index (χ4v) is 2.76. The lowest BCUT2D eigenvalue weighted by Crippen LogP contribution is -2.18. The third-order valence-electron chi connectivity index (χ3n) is 4.00. The number of hydrogen-bond acceptors (Lipinski definition) is 3. The summed E-state index contributed by atoms with van der Waals surface area (Å²) in [5, 5.41) is 9.90. The normalized spacial score (nSPS) is 16.4. The Bertz CT molecular complexity index is 644. The highest BCUT2D eigenvalue weighted by Crippen LogP contribution is 2.25. The zero-order valence-electron chi connectivity index (χ0n) is 12.9. The van der Waals surface area contributed by atoms with Crippen molar-refractivity contribution in [2.75, 3.05) is 18.0 Å². The van der Waals surface area contributed by atoms with Gasteiger partial charge in [0.25, 0.3) is 0 Å². The highest BCUT2D eigenvalue weighted by atomic mass is 16.3. The summed E-state index contributed by atoms with van der Waals surface area (Å²) in [6, 6.07) is 14.3. The Morgan fingerprint density at radius 1 is 1.09 bits per heavy atom. The summed E-state index contributed by atoms with van der Waals surface area (Å²) in [6.07, 6.45) is 6.00. The van der Waals surface area contributed by atoms with E-state index in [4.69, 9.17) is 0 Å². The van der Waals surface area contributed by atoms with E-state index in [0.29, 0.717) is 0 Å². The van der Waals surface area contributed by atoms with Crippen molar-refractivity contribution < 1.29 is 5.11 Å². The van der Waals surface area contributed by atoms with E-state index < -0.39 is 6.10 Å². The molecule has 1 aliphatic heterocycles. The maximum absolute atomic E-state index is 9.90. The molecule has 0 aliphatic carbocycles. The molecule has 1 N–H and O–H groups in total. The molecule has 0 amide bonds. The molecule has 1 unspecified atom stereocenters. The number of aliphatic hydroxyl groups is 1. The van der Waals surface area contributed by atoms with E-state index in [1.807, 2.05) is 30.3 Å². The van der Waals surface area contributed by atoms with Crippen LogP contribution in [0, 0.1) is 0 Å². The van der Waals surface area contributed by atoms with E-state index >= 15 is 0 Å². The molecule has 0 spiro atoms. The minimum atomic E-state index is -0.550. The molecule has 1 fully saturated rings. The Morgan fingerprint density at radius 3 is 2.50 bits per heavy atom. The second-order valence-corrected chi connectivity index (χ2v) is 5.79. The molecule has 3 nitrogen and oxygen atoms in total. The Hall–Kier alpha value is -2.13. The number of pyridine rings is 1. The Labute approximate surface area is 131 Å². The number of rotatable bonds is 4. The number of benzene rings is 1. The third-order valence-corrected chi connectivity index (χ3v) is 4.00. The number of aliphatic hydroxyl groups excluding tert-OH is 1. The Morgan fingerprint density at radius 2 is 1.82 bits per heavy atom. The predicted octanol–water partition coefficient (Wildman–Crippen LogP) is 3.91. The first-order valence-electron chi connectivity index (χ1n) is 7.90. The van der Waals surface area contributed by atoms with Crippen molar-refractivity contribution in [3.05, 3.63) is 59.4 Å². The summed E-state index contributed by atoms with van der Waals surface area (Å²) in [4.78, 5) is 6.92. The summed E-state index contributed by atoms with van der Waals surface area (Å²) in [5.41, 5.74) is 3.94. The van der Waals surface area contributed by atoms with Gasteiger partial charge in [0.15, 0.2) is 0 Å². The molecule has 1 aliphatic rings. The predicted molar refractivity (Wildman–Crippen MR) is 91.7 cm³/mol. The van der Waals surface area contributed by atoms with Gasteiger partial charge in [-0.25, -0.2) is 0 Å². The van der Waals surface area contributed by atoms with Gasteiger partial charge >= 0.3 is 0 Å². The van der Waals surface area contributed by atoms with Gasteiger partial charge in [0.05, 0.1) is 17.5 Å². The van der Waals surface area contributed by atoms with E-state index in [1.165, 1.54) is 12.8 Å². The first-order chi connectivity index (χ1) is 10.7. The van der Waals surface area contributed by atoms with Gasteiger partial charge < -0.3 is 10.0 Å². The highest BCUT2D eigenvalue weighted by Gasteiger charge is 2.15. The molecule has 3 rings (SSSR count). The highest BCUT2D eigenvalue weighted by molar-refractivity contribution is 5.70. The standard InChI is InChI=1S/C19H22N2O/c1-15(22)19-14-18(21-11-5-6-12-21)13-17(20-19)10-9-16-7-3-2-4-8-16/h2-4,7-10,13-15,22H,5-6,11-12H2,1H3. The van der Waals surface area contributed by atoms with Gasteiger partial charge in [-0.2, -0.15) is 0 Å². The van der Waals surface area contributed by atoms with Crippen LogP contribution >= 0.6 is 0 Å². The quantitative estimate of drug-likeness (QED) is 0.929. The maximum atomic E-state index is 9.90. The van der Waals surface area contributed by atoms with Gasteiger partial charge in [-0.1, -0.05) is 36.4 Å². The lowest BCUT2D eigenvalue weighted by molar-refractivity contribution is 0.194. The van der Waals surface area contributed by atoms with E-state index in [9.17, 15) is 5.11 Å². The topological polar surface area (TPSA) is 36.4 Å². The molecule has 0 radical (unpaired) electrons. The van der Waals surface area contributed by atoms with E-state index in [2.05, 4.69) is 34.2 Å².